The molecule has 1 heterocycles. The van der Waals surface area contributed by atoms with Crippen LogP contribution in [0.4, 0.5) is 0 Å². The summed E-state index contributed by atoms with van der Waals surface area (Å²) in [6.45, 7) is 3.47. The summed E-state index contributed by atoms with van der Waals surface area (Å²) in [6.07, 6.45) is 0.785. The van der Waals surface area contributed by atoms with Crippen molar-refractivity contribution in [3.63, 3.8) is 0 Å². The van der Waals surface area contributed by atoms with Gasteiger partial charge in [0.2, 0.25) is 10.0 Å². The van der Waals surface area contributed by atoms with Gasteiger partial charge in [0.1, 0.15) is 0 Å². The highest BCUT2D eigenvalue weighted by Gasteiger charge is 2.22. The van der Waals surface area contributed by atoms with Crippen LogP contribution in [-0.4, -0.2) is 19.3 Å². The zero-order valence-corrected chi connectivity index (χ0v) is 17.7. The number of hydrogen-bond acceptors (Lipinski definition) is 4. The first-order valence-electron chi connectivity index (χ1n) is 9.41. The third-order valence-corrected chi connectivity index (χ3v) is 7.44. The van der Waals surface area contributed by atoms with E-state index in [0.717, 1.165) is 32.9 Å². The molecule has 148 valence electrons. The summed E-state index contributed by atoms with van der Waals surface area (Å²) < 4.78 is 27.5. The average Bonchev–Trinajstić information content (AvgIpc) is 3.17. The van der Waals surface area contributed by atoms with E-state index in [1.807, 2.05) is 55.5 Å². The molecular formula is C22H26N2O2S2. The Hall–Kier alpha value is -1.99. The fraction of sp³-hybridized carbons (Fsp3) is 0.273. The number of hydrogen-bond donors (Lipinski definition) is 1. The molecule has 0 atom stereocenters. The molecule has 0 spiro atoms. The van der Waals surface area contributed by atoms with Crippen molar-refractivity contribution in [2.45, 2.75) is 32.2 Å². The van der Waals surface area contributed by atoms with Gasteiger partial charge in [-0.25, -0.2) is 8.42 Å². The number of nitrogens with zero attached hydrogens (tertiary/aromatic N) is 1. The summed E-state index contributed by atoms with van der Waals surface area (Å²) in [5, 5.41) is 0. The fourth-order valence-corrected chi connectivity index (χ4v) is 5.74. The van der Waals surface area contributed by atoms with Gasteiger partial charge in [-0.15, -0.1) is 11.3 Å². The maximum Gasteiger partial charge on any atom is 0.218 e. The second-order valence-electron chi connectivity index (χ2n) is 6.74. The summed E-state index contributed by atoms with van der Waals surface area (Å²) in [6, 6.07) is 21.6. The summed E-state index contributed by atoms with van der Waals surface area (Å²) >= 11 is 1.64. The first kappa shape index (κ1) is 20.7. The summed E-state index contributed by atoms with van der Waals surface area (Å²) in [4.78, 5) is 2.18. The SMILES string of the molecule is CCCN(Cc1ccc(-c2ccc(CN)cc2)s1)S(=O)(=O)Cc1ccccc1. The lowest BCUT2D eigenvalue weighted by atomic mass is 10.1. The minimum atomic E-state index is -3.37. The lowest BCUT2D eigenvalue weighted by Crippen LogP contribution is -2.32. The first-order valence-corrected chi connectivity index (χ1v) is 11.8. The summed E-state index contributed by atoms with van der Waals surface area (Å²) in [5.41, 5.74) is 8.70. The monoisotopic (exact) mass is 414 g/mol. The van der Waals surface area contributed by atoms with Crippen LogP contribution in [0.1, 0.15) is 29.3 Å². The fourth-order valence-electron chi connectivity index (χ4n) is 3.04. The van der Waals surface area contributed by atoms with E-state index in [1.54, 1.807) is 15.6 Å². The van der Waals surface area contributed by atoms with E-state index in [1.165, 1.54) is 0 Å². The van der Waals surface area contributed by atoms with Crippen LogP contribution in [0.2, 0.25) is 0 Å². The van der Waals surface area contributed by atoms with E-state index >= 15 is 0 Å². The van der Waals surface area contributed by atoms with Crippen molar-refractivity contribution in [2.75, 3.05) is 6.54 Å². The van der Waals surface area contributed by atoms with Crippen LogP contribution >= 0.6 is 11.3 Å². The van der Waals surface area contributed by atoms with Crippen LogP contribution in [0.15, 0.2) is 66.7 Å². The van der Waals surface area contributed by atoms with Crippen molar-refractivity contribution in [1.82, 2.24) is 4.31 Å². The Morgan fingerprint density at radius 2 is 1.64 bits per heavy atom. The van der Waals surface area contributed by atoms with Gasteiger partial charge < -0.3 is 5.73 Å². The quantitative estimate of drug-likeness (QED) is 0.556. The molecule has 4 nitrogen and oxygen atoms in total. The predicted octanol–water partition coefficient (Wildman–Crippen LogP) is 4.62. The maximum atomic E-state index is 13.0. The van der Waals surface area contributed by atoms with Crippen molar-refractivity contribution >= 4 is 21.4 Å². The minimum absolute atomic E-state index is 0.0343. The number of nitrogens with two attached hydrogens (primary N) is 1. The van der Waals surface area contributed by atoms with Gasteiger partial charge in [-0.1, -0.05) is 61.5 Å². The summed E-state index contributed by atoms with van der Waals surface area (Å²) in [5.74, 6) is 0.0343. The van der Waals surface area contributed by atoms with Crippen molar-refractivity contribution in [3.05, 3.63) is 82.7 Å². The van der Waals surface area contributed by atoms with Crippen LogP contribution in [-0.2, 0) is 28.9 Å². The van der Waals surface area contributed by atoms with E-state index in [0.29, 0.717) is 19.6 Å². The molecule has 0 fully saturated rings. The molecule has 0 aliphatic carbocycles. The number of benzene rings is 2. The van der Waals surface area contributed by atoms with E-state index in [9.17, 15) is 8.42 Å². The Bertz CT molecular complexity index is 981. The number of rotatable bonds is 9. The zero-order chi connectivity index (χ0) is 20.0. The van der Waals surface area contributed by atoms with Crippen molar-refractivity contribution < 1.29 is 8.42 Å². The molecule has 2 aromatic carbocycles. The van der Waals surface area contributed by atoms with Crippen molar-refractivity contribution in [3.8, 4) is 10.4 Å². The lowest BCUT2D eigenvalue weighted by molar-refractivity contribution is 0.408. The van der Waals surface area contributed by atoms with Gasteiger partial charge in [-0.2, -0.15) is 4.31 Å². The van der Waals surface area contributed by atoms with E-state index in [-0.39, 0.29) is 5.75 Å². The third-order valence-electron chi connectivity index (χ3n) is 4.53. The molecule has 0 radical (unpaired) electrons. The molecule has 3 aromatic rings. The Kier molecular flexibility index (Phi) is 7.02. The van der Waals surface area contributed by atoms with Crippen LogP contribution < -0.4 is 5.73 Å². The standard InChI is InChI=1S/C22H26N2O2S2/c1-2-14-24(28(25,26)17-19-6-4-3-5-7-19)16-21-12-13-22(27-21)20-10-8-18(15-23)9-11-20/h3-13H,2,14-17,23H2,1H3. The highest BCUT2D eigenvalue weighted by Crippen LogP contribution is 2.30. The van der Waals surface area contributed by atoms with Gasteiger partial charge >= 0.3 is 0 Å². The third kappa shape index (κ3) is 5.29. The van der Waals surface area contributed by atoms with Gasteiger partial charge in [-0.05, 0) is 35.2 Å². The van der Waals surface area contributed by atoms with E-state index in [4.69, 9.17) is 5.73 Å². The highest BCUT2D eigenvalue weighted by atomic mass is 32.2. The maximum absolute atomic E-state index is 13.0. The molecule has 3 rings (SSSR count). The number of sulfonamides is 1. The predicted molar refractivity (Wildman–Crippen MR) is 117 cm³/mol. The van der Waals surface area contributed by atoms with Crippen LogP contribution in [0.3, 0.4) is 0 Å². The molecule has 28 heavy (non-hydrogen) atoms. The smallest absolute Gasteiger partial charge is 0.218 e. The molecule has 1 aromatic heterocycles. The van der Waals surface area contributed by atoms with Gasteiger partial charge in [0, 0.05) is 29.4 Å². The average molecular weight is 415 g/mol. The Labute approximate surface area is 171 Å². The Morgan fingerprint density at radius 1 is 0.929 bits per heavy atom. The molecule has 0 saturated carbocycles. The van der Waals surface area contributed by atoms with Gasteiger partial charge in [0.15, 0.2) is 0 Å². The van der Waals surface area contributed by atoms with Crippen molar-refractivity contribution in [2.24, 2.45) is 5.73 Å². The topological polar surface area (TPSA) is 63.4 Å². The number of thiophene rings is 1. The van der Waals surface area contributed by atoms with Crippen LogP contribution in [0, 0.1) is 0 Å². The lowest BCUT2D eigenvalue weighted by Gasteiger charge is -2.21. The van der Waals surface area contributed by atoms with Crippen LogP contribution in [0.25, 0.3) is 10.4 Å². The molecule has 0 amide bonds. The molecular weight excluding hydrogens is 388 g/mol. The van der Waals surface area contributed by atoms with E-state index < -0.39 is 10.0 Å². The highest BCUT2D eigenvalue weighted by molar-refractivity contribution is 7.88. The van der Waals surface area contributed by atoms with Gasteiger partial charge in [0.05, 0.1) is 5.75 Å². The second-order valence-corrected chi connectivity index (χ2v) is 9.88. The first-order chi connectivity index (χ1) is 13.5. The normalized spacial score (nSPS) is 11.8. The molecule has 2 N–H and O–H groups in total. The second kappa shape index (κ2) is 9.47. The van der Waals surface area contributed by atoms with E-state index in [2.05, 4.69) is 18.2 Å². The zero-order valence-electron chi connectivity index (χ0n) is 16.0. The molecule has 0 aliphatic heterocycles. The van der Waals surface area contributed by atoms with Crippen LogP contribution in [0.5, 0.6) is 0 Å². The Morgan fingerprint density at radius 3 is 2.29 bits per heavy atom. The van der Waals surface area contributed by atoms with Crippen molar-refractivity contribution in [1.29, 1.82) is 0 Å². The summed E-state index contributed by atoms with van der Waals surface area (Å²) in [7, 11) is -3.37. The minimum Gasteiger partial charge on any atom is -0.326 e. The molecule has 0 unspecified atom stereocenters. The largest absolute Gasteiger partial charge is 0.326 e. The molecule has 6 heteroatoms. The Balaban J connectivity index is 1.76. The molecule has 0 saturated heterocycles. The van der Waals surface area contributed by atoms with Gasteiger partial charge in [-0.3, -0.25) is 0 Å². The van der Waals surface area contributed by atoms with Gasteiger partial charge in [0.25, 0.3) is 0 Å². The molecule has 0 aliphatic rings. The molecule has 0 bridgehead atoms.